The highest BCUT2D eigenvalue weighted by molar-refractivity contribution is 5.83. The molecule has 1 aliphatic rings. The average Bonchev–Trinajstić information content (AvgIpc) is 2.70. The van der Waals surface area contributed by atoms with Crippen molar-refractivity contribution in [2.24, 2.45) is 7.05 Å². The number of fused-ring (bicyclic) bond motifs is 1. The van der Waals surface area contributed by atoms with E-state index in [1.54, 1.807) is 0 Å². The highest BCUT2D eigenvalue weighted by Crippen LogP contribution is 2.22. The van der Waals surface area contributed by atoms with Crippen LogP contribution in [0, 0.1) is 0 Å². The van der Waals surface area contributed by atoms with Gasteiger partial charge in [-0.1, -0.05) is 18.2 Å². The maximum Gasteiger partial charge on any atom is 0.0480 e. The molecular weight excluding hydrogens is 222 g/mol. The molecule has 0 spiro atoms. The van der Waals surface area contributed by atoms with Crippen LogP contribution in [0.4, 0.5) is 0 Å². The molecule has 2 aromatic rings. The van der Waals surface area contributed by atoms with Crippen molar-refractivity contribution in [2.75, 3.05) is 26.7 Å². The SMILES string of the molecule is CN1CCNCC1Cc1cn(C)c2ccccc12. The summed E-state index contributed by atoms with van der Waals surface area (Å²) < 4.78 is 2.24. The van der Waals surface area contributed by atoms with Crippen LogP contribution < -0.4 is 5.32 Å². The molecule has 1 N–H and O–H groups in total. The fourth-order valence-electron chi connectivity index (χ4n) is 2.93. The maximum atomic E-state index is 3.49. The van der Waals surface area contributed by atoms with Gasteiger partial charge in [-0.25, -0.2) is 0 Å². The lowest BCUT2D eigenvalue weighted by atomic mass is 10.0. The monoisotopic (exact) mass is 243 g/mol. The van der Waals surface area contributed by atoms with Gasteiger partial charge in [-0.15, -0.1) is 0 Å². The molecule has 96 valence electrons. The Morgan fingerprint density at radius 2 is 2.11 bits per heavy atom. The quantitative estimate of drug-likeness (QED) is 0.865. The van der Waals surface area contributed by atoms with Crippen LogP contribution in [0.5, 0.6) is 0 Å². The number of likely N-dealkylation sites (N-methyl/N-ethyl adjacent to an activating group) is 1. The van der Waals surface area contributed by atoms with Gasteiger partial charge in [0.1, 0.15) is 0 Å². The van der Waals surface area contributed by atoms with Gasteiger partial charge in [-0.3, -0.25) is 0 Å². The summed E-state index contributed by atoms with van der Waals surface area (Å²) in [5.74, 6) is 0. The zero-order valence-electron chi connectivity index (χ0n) is 11.2. The van der Waals surface area contributed by atoms with Crippen molar-refractivity contribution in [3.63, 3.8) is 0 Å². The number of piperazine rings is 1. The molecule has 0 bridgehead atoms. The Morgan fingerprint density at radius 3 is 2.94 bits per heavy atom. The summed E-state index contributed by atoms with van der Waals surface area (Å²) in [6, 6.07) is 9.29. The fraction of sp³-hybridized carbons (Fsp3) is 0.467. The molecule has 18 heavy (non-hydrogen) atoms. The van der Waals surface area contributed by atoms with Crippen LogP contribution in [0.3, 0.4) is 0 Å². The zero-order chi connectivity index (χ0) is 12.5. The van der Waals surface area contributed by atoms with E-state index >= 15 is 0 Å². The van der Waals surface area contributed by atoms with E-state index in [4.69, 9.17) is 0 Å². The van der Waals surface area contributed by atoms with Crippen LogP contribution in [0.1, 0.15) is 5.56 Å². The van der Waals surface area contributed by atoms with Gasteiger partial charge in [0.05, 0.1) is 0 Å². The van der Waals surface area contributed by atoms with Gasteiger partial charge in [0, 0.05) is 49.8 Å². The summed E-state index contributed by atoms with van der Waals surface area (Å²) in [5.41, 5.74) is 2.80. The molecule has 0 saturated carbocycles. The van der Waals surface area contributed by atoms with E-state index < -0.39 is 0 Å². The average molecular weight is 243 g/mol. The molecular formula is C15H21N3. The standard InChI is InChI=1S/C15H21N3/c1-17-8-7-16-10-13(17)9-12-11-18(2)15-6-4-3-5-14(12)15/h3-6,11,13,16H,7-10H2,1-2H3. The number of aromatic nitrogens is 1. The molecule has 3 rings (SSSR count). The molecule has 1 unspecified atom stereocenters. The van der Waals surface area contributed by atoms with Gasteiger partial charge >= 0.3 is 0 Å². The van der Waals surface area contributed by atoms with E-state index in [1.807, 2.05) is 0 Å². The molecule has 3 heteroatoms. The molecule has 1 aromatic carbocycles. The third-order valence-corrected chi connectivity index (χ3v) is 4.08. The molecule has 1 saturated heterocycles. The van der Waals surface area contributed by atoms with Gasteiger partial charge in [-0.2, -0.15) is 0 Å². The number of benzene rings is 1. The zero-order valence-corrected chi connectivity index (χ0v) is 11.2. The lowest BCUT2D eigenvalue weighted by Crippen LogP contribution is -2.50. The van der Waals surface area contributed by atoms with E-state index in [0.717, 1.165) is 26.1 Å². The first-order valence-electron chi connectivity index (χ1n) is 6.69. The first kappa shape index (κ1) is 11.8. The summed E-state index contributed by atoms with van der Waals surface area (Å²) in [7, 11) is 4.37. The van der Waals surface area contributed by atoms with E-state index in [0.29, 0.717) is 6.04 Å². The minimum absolute atomic E-state index is 0.615. The van der Waals surface area contributed by atoms with Crippen molar-refractivity contribution in [3.05, 3.63) is 36.0 Å². The highest BCUT2D eigenvalue weighted by Gasteiger charge is 2.20. The second-order valence-electron chi connectivity index (χ2n) is 5.33. The third-order valence-electron chi connectivity index (χ3n) is 4.08. The van der Waals surface area contributed by atoms with Gasteiger partial charge < -0.3 is 14.8 Å². The van der Waals surface area contributed by atoms with Gasteiger partial charge in [0.2, 0.25) is 0 Å². The van der Waals surface area contributed by atoms with Crippen molar-refractivity contribution in [1.82, 2.24) is 14.8 Å². The normalized spacial score (nSPS) is 21.6. The maximum absolute atomic E-state index is 3.49. The van der Waals surface area contributed by atoms with Gasteiger partial charge in [0.25, 0.3) is 0 Å². The van der Waals surface area contributed by atoms with E-state index in [2.05, 4.69) is 59.3 Å². The summed E-state index contributed by atoms with van der Waals surface area (Å²) in [6.07, 6.45) is 3.41. The largest absolute Gasteiger partial charge is 0.350 e. The molecule has 1 fully saturated rings. The van der Waals surface area contributed by atoms with Crippen molar-refractivity contribution in [1.29, 1.82) is 0 Å². The molecule has 1 aliphatic heterocycles. The Balaban J connectivity index is 1.90. The predicted octanol–water partition coefficient (Wildman–Crippen LogP) is 1.62. The molecule has 3 nitrogen and oxygen atoms in total. The van der Waals surface area contributed by atoms with E-state index in [9.17, 15) is 0 Å². The van der Waals surface area contributed by atoms with Gasteiger partial charge in [-0.05, 0) is 25.1 Å². The van der Waals surface area contributed by atoms with Crippen molar-refractivity contribution in [3.8, 4) is 0 Å². The molecule has 1 aromatic heterocycles. The number of para-hydroxylation sites is 1. The van der Waals surface area contributed by atoms with Crippen LogP contribution >= 0.6 is 0 Å². The van der Waals surface area contributed by atoms with Gasteiger partial charge in [0.15, 0.2) is 0 Å². The Hall–Kier alpha value is -1.32. The third kappa shape index (κ3) is 2.04. The topological polar surface area (TPSA) is 20.2 Å². The second kappa shape index (κ2) is 4.75. The Labute approximate surface area is 108 Å². The Kier molecular flexibility index (Phi) is 3.10. The van der Waals surface area contributed by atoms with Crippen LogP contribution in [-0.2, 0) is 13.5 Å². The summed E-state index contributed by atoms with van der Waals surface area (Å²) in [6.45, 7) is 3.36. The first-order valence-corrected chi connectivity index (χ1v) is 6.69. The van der Waals surface area contributed by atoms with Crippen molar-refractivity contribution >= 4 is 10.9 Å². The van der Waals surface area contributed by atoms with Crippen LogP contribution in [0.15, 0.2) is 30.5 Å². The van der Waals surface area contributed by atoms with E-state index in [-0.39, 0.29) is 0 Å². The van der Waals surface area contributed by atoms with E-state index in [1.165, 1.54) is 16.5 Å². The number of hydrogen-bond acceptors (Lipinski definition) is 2. The summed E-state index contributed by atoms with van der Waals surface area (Å²) in [4.78, 5) is 2.47. The Morgan fingerprint density at radius 1 is 1.28 bits per heavy atom. The fourth-order valence-corrected chi connectivity index (χ4v) is 2.93. The van der Waals surface area contributed by atoms with Crippen molar-refractivity contribution in [2.45, 2.75) is 12.5 Å². The number of hydrogen-bond donors (Lipinski definition) is 1. The van der Waals surface area contributed by atoms with Crippen LogP contribution in [0.25, 0.3) is 10.9 Å². The smallest absolute Gasteiger partial charge is 0.0480 e. The predicted molar refractivity (Wildman–Crippen MR) is 75.9 cm³/mol. The number of rotatable bonds is 2. The Bertz CT molecular complexity index is 544. The lowest BCUT2D eigenvalue weighted by Gasteiger charge is -2.33. The molecule has 2 heterocycles. The minimum Gasteiger partial charge on any atom is -0.350 e. The summed E-state index contributed by atoms with van der Waals surface area (Å²) in [5, 5.41) is 4.89. The minimum atomic E-state index is 0.615. The lowest BCUT2D eigenvalue weighted by molar-refractivity contribution is 0.199. The second-order valence-corrected chi connectivity index (χ2v) is 5.33. The molecule has 0 amide bonds. The van der Waals surface area contributed by atoms with Crippen LogP contribution in [0.2, 0.25) is 0 Å². The summed E-state index contributed by atoms with van der Waals surface area (Å²) >= 11 is 0. The molecule has 0 radical (unpaired) electrons. The van der Waals surface area contributed by atoms with Crippen molar-refractivity contribution < 1.29 is 0 Å². The first-order chi connectivity index (χ1) is 8.75. The molecule has 0 aliphatic carbocycles. The number of nitrogens with zero attached hydrogens (tertiary/aromatic N) is 2. The number of aryl methyl sites for hydroxylation is 1. The highest BCUT2D eigenvalue weighted by atomic mass is 15.2. The van der Waals surface area contributed by atoms with Crippen LogP contribution in [-0.4, -0.2) is 42.2 Å². The molecule has 1 atom stereocenters. The number of nitrogens with one attached hydrogen (secondary N) is 1.